The maximum absolute atomic E-state index is 12.6. The number of carbonyl (C=O) groups is 3. The number of hydrogen-bond acceptors (Lipinski definition) is 5. The van der Waals surface area contributed by atoms with Gasteiger partial charge in [0.15, 0.2) is 0 Å². The number of anilines is 1. The van der Waals surface area contributed by atoms with Crippen molar-refractivity contribution in [2.75, 3.05) is 22.7 Å². The zero-order valence-electron chi connectivity index (χ0n) is 14.8. The van der Waals surface area contributed by atoms with Crippen LogP contribution < -0.4 is 5.32 Å². The molecule has 1 aromatic carbocycles. The molecule has 1 atom stereocenters. The van der Waals surface area contributed by atoms with Crippen LogP contribution in [0.3, 0.4) is 0 Å². The van der Waals surface area contributed by atoms with E-state index in [4.69, 9.17) is 5.11 Å². The molecule has 1 aromatic rings. The number of nitrogens with zero attached hydrogens (tertiary/aromatic N) is 1. The SMILES string of the molecule is CCCC(=O)N1CSCC1C(=O)Nc1cccc(CSCCC(=O)O)c1. The van der Waals surface area contributed by atoms with E-state index in [1.54, 1.807) is 28.4 Å². The smallest absolute Gasteiger partial charge is 0.304 e. The van der Waals surface area contributed by atoms with Gasteiger partial charge >= 0.3 is 5.97 Å². The van der Waals surface area contributed by atoms with E-state index in [1.807, 2.05) is 31.2 Å². The first-order chi connectivity index (χ1) is 12.5. The Kier molecular flexibility index (Phi) is 8.31. The molecule has 2 N–H and O–H groups in total. The Morgan fingerprint density at radius 3 is 2.88 bits per heavy atom. The fraction of sp³-hybridized carbons (Fsp3) is 0.500. The van der Waals surface area contributed by atoms with Crippen LogP contribution in [0, 0.1) is 0 Å². The Balaban J connectivity index is 1.91. The minimum atomic E-state index is -0.796. The molecule has 26 heavy (non-hydrogen) atoms. The summed E-state index contributed by atoms with van der Waals surface area (Å²) in [6.07, 6.45) is 1.38. The van der Waals surface area contributed by atoms with Crippen LogP contribution in [0.5, 0.6) is 0 Å². The molecule has 1 aliphatic heterocycles. The highest BCUT2D eigenvalue weighted by molar-refractivity contribution is 7.99. The summed E-state index contributed by atoms with van der Waals surface area (Å²) in [4.78, 5) is 36.9. The van der Waals surface area contributed by atoms with Crippen LogP contribution in [0.2, 0.25) is 0 Å². The summed E-state index contributed by atoms with van der Waals surface area (Å²) in [5.41, 5.74) is 1.73. The molecule has 0 saturated carbocycles. The number of thioether (sulfide) groups is 2. The van der Waals surface area contributed by atoms with Crippen molar-refractivity contribution >= 4 is 47.0 Å². The molecule has 0 aliphatic carbocycles. The normalized spacial score (nSPS) is 16.5. The number of hydrogen-bond donors (Lipinski definition) is 2. The van der Waals surface area contributed by atoms with Gasteiger partial charge in [-0.15, -0.1) is 11.8 Å². The summed E-state index contributed by atoms with van der Waals surface area (Å²) in [5.74, 6) is 1.51. The molecule has 8 heteroatoms. The molecule has 0 radical (unpaired) electrons. The number of amides is 2. The molecule has 1 heterocycles. The molecular weight excluding hydrogens is 372 g/mol. The largest absolute Gasteiger partial charge is 0.481 e. The third-order valence-corrected chi connectivity index (χ3v) is 5.94. The Morgan fingerprint density at radius 1 is 1.35 bits per heavy atom. The molecule has 1 unspecified atom stereocenters. The number of nitrogens with one attached hydrogen (secondary N) is 1. The van der Waals surface area contributed by atoms with E-state index in [9.17, 15) is 14.4 Å². The van der Waals surface area contributed by atoms with Crippen LogP contribution in [0.25, 0.3) is 0 Å². The lowest BCUT2D eigenvalue weighted by molar-refractivity contribution is -0.136. The second kappa shape index (κ2) is 10.5. The number of aliphatic carboxylic acids is 1. The second-order valence-electron chi connectivity index (χ2n) is 6.02. The fourth-order valence-electron chi connectivity index (χ4n) is 2.58. The van der Waals surface area contributed by atoms with Gasteiger partial charge in [0.25, 0.3) is 0 Å². The average Bonchev–Trinajstić information content (AvgIpc) is 3.09. The molecule has 2 amide bonds. The van der Waals surface area contributed by atoms with Gasteiger partial charge in [0.05, 0.1) is 12.3 Å². The molecule has 142 valence electrons. The molecular formula is C18H24N2O4S2. The van der Waals surface area contributed by atoms with Crippen LogP contribution in [-0.2, 0) is 20.1 Å². The lowest BCUT2D eigenvalue weighted by Gasteiger charge is -2.23. The van der Waals surface area contributed by atoms with Gasteiger partial charge in [-0.05, 0) is 24.1 Å². The van der Waals surface area contributed by atoms with Crippen LogP contribution in [-0.4, -0.2) is 51.2 Å². The minimum absolute atomic E-state index is 0.0289. The predicted molar refractivity (Wildman–Crippen MR) is 106 cm³/mol. The molecule has 0 aromatic heterocycles. The lowest BCUT2D eigenvalue weighted by Crippen LogP contribution is -2.44. The van der Waals surface area contributed by atoms with Crippen molar-refractivity contribution in [1.29, 1.82) is 0 Å². The standard InChI is InChI=1S/C18H24N2O4S2/c1-2-4-16(21)20-12-26-11-15(20)18(24)19-14-6-3-5-13(9-14)10-25-8-7-17(22)23/h3,5-6,9,15H,2,4,7-8,10-12H2,1H3,(H,19,24)(H,22,23). The maximum Gasteiger partial charge on any atom is 0.304 e. The molecule has 1 fully saturated rings. The highest BCUT2D eigenvalue weighted by atomic mass is 32.2. The average molecular weight is 397 g/mol. The van der Waals surface area contributed by atoms with Gasteiger partial charge < -0.3 is 15.3 Å². The van der Waals surface area contributed by atoms with Crippen molar-refractivity contribution in [3.63, 3.8) is 0 Å². The summed E-state index contributed by atoms with van der Waals surface area (Å²) >= 11 is 3.14. The summed E-state index contributed by atoms with van der Waals surface area (Å²) < 4.78 is 0. The van der Waals surface area contributed by atoms with E-state index in [-0.39, 0.29) is 18.2 Å². The third kappa shape index (κ3) is 6.25. The minimum Gasteiger partial charge on any atom is -0.481 e. The van der Waals surface area contributed by atoms with Crippen LogP contribution >= 0.6 is 23.5 Å². The molecule has 1 saturated heterocycles. The third-order valence-electron chi connectivity index (χ3n) is 3.89. The van der Waals surface area contributed by atoms with Gasteiger partial charge in [0.2, 0.25) is 11.8 Å². The second-order valence-corrected chi connectivity index (χ2v) is 8.12. The summed E-state index contributed by atoms with van der Waals surface area (Å²) in [5, 5.41) is 11.6. The molecule has 6 nitrogen and oxygen atoms in total. The van der Waals surface area contributed by atoms with Crippen LogP contribution in [0.4, 0.5) is 5.69 Å². The highest BCUT2D eigenvalue weighted by Crippen LogP contribution is 2.24. The number of rotatable bonds is 9. The van der Waals surface area contributed by atoms with Crippen molar-refractivity contribution in [2.45, 2.75) is 38.0 Å². The van der Waals surface area contributed by atoms with Gasteiger partial charge in [0.1, 0.15) is 6.04 Å². The van der Waals surface area contributed by atoms with Crippen molar-refractivity contribution in [3.8, 4) is 0 Å². The Labute approximate surface area is 162 Å². The number of benzene rings is 1. The van der Waals surface area contributed by atoms with Crippen molar-refractivity contribution in [3.05, 3.63) is 29.8 Å². The fourth-order valence-corrected chi connectivity index (χ4v) is 4.64. The van der Waals surface area contributed by atoms with E-state index in [1.165, 1.54) is 0 Å². The van der Waals surface area contributed by atoms with Crippen molar-refractivity contribution in [1.82, 2.24) is 4.90 Å². The number of carboxylic acids is 1. The topological polar surface area (TPSA) is 86.7 Å². The molecule has 0 bridgehead atoms. The van der Waals surface area contributed by atoms with Crippen LogP contribution in [0.1, 0.15) is 31.7 Å². The summed E-state index contributed by atoms with van der Waals surface area (Å²) in [6, 6.07) is 7.11. The zero-order valence-corrected chi connectivity index (χ0v) is 16.4. The summed E-state index contributed by atoms with van der Waals surface area (Å²) in [6.45, 7) is 1.95. The Morgan fingerprint density at radius 2 is 2.15 bits per heavy atom. The van der Waals surface area contributed by atoms with E-state index in [2.05, 4.69) is 5.32 Å². The predicted octanol–water partition coefficient (Wildman–Crippen LogP) is 3.03. The lowest BCUT2D eigenvalue weighted by atomic mass is 10.2. The zero-order chi connectivity index (χ0) is 18.9. The maximum atomic E-state index is 12.6. The first kappa shape index (κ1) is 20.6. The molecule has 0 spiro atoms. The molecule has 1 aliphatic rings. The van der Waals surface area contributed by atoms with E-state index in [0.717, 1.165) is 12.0 Å². The van der Waals surface area contributed by atoms with Crippen molar-refractivity contribution < 1.29 is 19.5 Å². The van der Waals surface area contributed by atoms with Crippen molar-refractivity contribution in [2.24, 2.45) is 0 Å². The van der Waals surface area contributed by atoms with E-state index in [0.29, 0.717) is 35.2 Å². The Bertz CT molecular complexity index is 654. The van der Waals surface area contributed by atoms with Gasteiger partial charge in [-0.2, -0.15) is 11.8 Å². The molecule has 2 rings (SSSR count). The van der Waals surface area contributed by atoms with Crippen LogP contribution in [0.15, 0.2) is 24.3 Å². The first-order valence-electron chi connectivity index (χ1n) is 8.57. The van der Waals surface area contributed by atoms with Gasteiger partial charge in [-0.25, -0.2) is 0 Å². The first-order valence-corrected chi connectivity index (χ1v) is 10.9. The van der Waals surface area contributed by atoms with E-state index < -0.39 is 12.0 Å². The van der Waals surface area contributed by atoms with E-state index >= 15 is 0 Å². The van der Waals surface area contributed by atoms with Gasteiger partial charge in [-0.3, -0.25) is 14.4 Å². The van der Waals surface area contributed by atoms with Gasteiger partial charge in [0, 0.05) is 29.4 Å². The number of carboxylic acid groups (broad SMARTS) is 1. The Hall–Kier alpha value is -1.67. The summed E-state index contributed by atoms with van der Waals surface area (Å²) in [7, 11) is 0. The van der Waals surface area contributed by atoms with Gasteiger partial charge in [-0.1, -0.05) is 19.1 Å². The highest BCUT2D eigenvalue weighted by Gasteiger charge is 2.34. The quantitative estimate of drug-likeness (QED) is 0.624. The monoisotopic (exact) mass is 396 g/mol. The number of carbonyl (C=O) groups excluding carboxylic acids is 2.